The SMILES string of the molecule is COc1ccc(N(C(=O)NCCc2ccc(Br)cc2)c2[nH+]cccc2N)cc1. The molecular weight excluding hydrogens is 420 g/mol. The molecule has 1 aromatic heterocycles. The molecule has 0 spiro atoms. The number of anilines is 3. The van der Waals surface area contributed by atoms with E-state index in [0.29, 0.717) is 29.5 Å². The smallest absolute Gasteiger partial charge is 0.414 e. The maximum absolute atomic E-state index is 13.0. The first-order valence-corrected chi connectivity index (χ1v) is 9.60. The number of benzene rings is 2. The number of rotatable bonds is 6. The van der Waals surface area contributed by atoms with Crippen LogP contribution in [0.15, 0.2) is 71.3 Å². The van der Waals surface area contributed by atoms with Crippen LogP contribution in [-0.4, -0.2) is 19.7 Å². The molecule has 0 aliphatic heterocycles. The van der Waals surface area contributed by atoms with Crippen LogP contribution >= 0.6 is 15.9 Å². The van der Waals surface area contributed by atoms with Gasteiger partial charge in [0.25, 0.3) is 0 Å². The lowest BCUT2D eigenvalue weighted by atomic mass is 10.1. The highest BCUT2D eigenvalue weighted by Crippen LogP contribution is 2.28. The Bertz CT molecular complexity index is 930. The number of aromatic amines is 1. The minimum Gasteiger partial charge on any atom is -0.497 e. The molecule has 0 radical (unpaired) electrons. The van der Waals surface area contributed by atoms with E-state index in [1.165, 1.54) is 4.90 Å². The lowest BCUT2D eigenvalue weighted by Crippen LogP contribution is -2.40. The Balaban J connectivity index is 1.78. The monoisotopic (exact) mass is 441 g/mol. The number of H-pyrrole nitrogens is 1. The van der Waals surface area contributed by atoms with Gasteiger partial charge in [-0.2, -0.15) is 0 Å². The molecule has 144 valence electrons. The van der Waals surface area contributed by atoms with Crippen molar-refractivity contribution in [2.75, 3.05) is 24.3 Å². The van der Waals surface area contributed by atoms with Gasteiger partial charge in [0.1, 0.15) is 17.1 Å². The number of nitrogens with zero attached hydrogens (tertiary/aromatic N) is 1. The van der Waals surface area contributed by atoms with E-state index in [9.17, 15) is 4.79 Å². The first-order valence-electron chi connectivity index (χ1n) is 8.81. The lowest BCUT2D eigenvalue weighted by Gasteiger charge is -2.16. The Labute approximate surface area is 172 Å². The third-order valence-corrected chi connectivity index (χ3v) is 4.75. The number of methoxy groups -OCH3 is 1. The van der Waals surface area contributed by atoms with E-state index in [1.807, 2.05) is 36.4 Å². The van der Waals surface area contributed by atoms with Gasteiger partial charge in [0.05, 0.1) is 13.3 Å². The predicted octanol–water partition coefficient (Wildman–Crippen LogP) is 3.94. The van der Waals surface area contributed by atoms with Gasteiger partial charge in [0.15, 0.2) is 0 Å². The summed E-state index contributed by atoms with van der Waals surface area (Å²) < 4.78 is 6.23. The number of nitrogens with two attached hydrogens (primary N) is 1. The average Bonchev–Trinajstić information content (AvgIpc) is 2.72. The zero-order valence-electron chi connectivity index (χ0n) is 15.5. The zero-order valence-corrected chi connectivity index (χ0v) is 17.1. The molecule has 0 aliphatic rings. The molecule has 0 saturated carbocycles. The maximum Gasteiger partial charge on any atom is 0.414 e. The standard InChI is InChI=1S/C21H21BrN4O2/c1-28-18-10-8-17(9-11-18)26(20-19(23)3-2-13-24-20)21(27)25-14-12-15-4-6-16(22)7-5-15/h2-11,13H,12,14,23H2,1H3,(H,25,27)/p+1. The summed E-state index contributed by atoms with van der Waals surface area (Å²) in [6.45, 7) is 0.500. The summed E-state index contributed by atoms with van der Waals surface area (Å²) in [5.41, 5.74) is 8.40. The predicted molar refractivity (Wildman–Crippen MR) is 114 cm³/mol. The van der Waals surface area contributed by atoms with Crippen LogP contribution in [0.2, 0.25) is 0 Å². The Hall–Kier alpha value is -3.06. The molecule has 28 heavy (non-hydrogen) atoms. The van der Waals surface area contributed by atoms with Crippen LogP contribution in [0, 0.1) is 0 Å². The van der Waals surface area contributed by atoms with Gasteiger partial charge in [0, 0.05) is 11.0 Å². The van der Waals surface area contributed by atoms with Gasteiger partial charge in [0.2, 0.25) is 0 Å². The molecule has 0 bridgehead atoms. The van der Waals surface area contributed by atoms with Gasteiger partial charge in [-0.3, -0.25) is 0 Å². The molecule has 0 unspecified atom stereocenters. The van der Waals surface area contributed by atoms with E-state index in [2.05, 4.69) is 26.2 Å². The second kappa shape index (κ2) is 9.23. The number of urea groups is 1. The molecule has 2 aromatic carbocycles. The van der Waals surface area contributed by atoms with Gasteiger partial charge in [-0.15, -0.1) is 4.90 Å². The van der Waals surface area contributed by atoms with E-state index in [0.717, 1.165) is 16.5 Å². The number of halogens is 1. The Morgan fingerprint density at radius 1 is 1.14 bits per heavy atom. The normalized spacial score (nSPS) is 10.4. The van der Waals surface area contributed by atoms with Crippen molar-refractivity contribution in [3.05, 3.63) is 76.9 Å². The topological polar surface area (TPSA) is 81.7 Å². The molecule has 3 aromatic rings. The van der Waals surface area contributed by atoms with Crippen molar-refractivity contribution in [1.29, 1.82) is 0 Å². The fraction of sp³-hybridized carbons (Fsp3) is 0.143. The minimum absolute atomic E-state index is 0.267. The molecule has 6 nitrogen and oxygen atoms in total. The van der Waals surface area contributed by atoms with Crippen LogP contribution in [0.1, 0.15) is 5.56 Å². The molecule has 0 fully saturated rings. The van der Waals surface area contributed by atoms with Gasteiger partial charge in [-0.1, -0.05) is 28.1 Å². The van der Waals surface area contributed by atoms with Crippen LogP contribution in [-0.2, 0) is 6.42 Å². The van der Waals surface area contributed by atoms with Crippen LogP contribution in [0.4, 0.5) is 22.0 Å². The molecule has 0 atom stereocenters. The van der Waals surface area contributed by atoms with E-state index < -0.39 is 0 Å². The first-order chi connectivity index (χ1) is 13.6. The van der Waals surface area contributed by atoms with E-state index >= 15 is 0 Å². The summed E-state index contributed by atoms with van der Waals surface area (Å²) >= 11 is 3.42. The zero-order chi connectivity index (χ0) is 19.9. The van der Waals surface area contributed by atoms with E-state index in [-0.39, 0.29) is 6.03 Å². The van der Waals surface area contributed by atoms with Crippen molar-refractivity contribution in [3.8, 4) is 5.75 Å². The number of pyridine rings is 1. The molecule has 2 amide bonds. The molecule has 0 saturated heterocycles. The maximum atomic E-state index is 13.0. The van der Waals surface area contributed by atoms with Gasteiger partial charge in [-0.05, 0) is 60.5 Å². The van der Waals surface area contributed by atoms with Crippen LogP contribution in [0.3, 0.4) is 0 Å². The highest BCUT2D eigenvalue weighted by atomic mass is 79.9. The number of hydrogen-bond acceptors (Lipinski definition) is 3. The second-order valence-corrected chi connectivity index (χ2v) is 7.03. The number of nitrogens with one attached hydrogen (secondary N) is 2. The quantitative estimate of drug-likeness (QED) is 0.607. The largest absolute Gasteiger partial charge is 0.497 e. The Kier molecular flexibility index (Phi) is 6.49. The van der Waals surface area contributed by atoms with Crippen molar-refractivity contribution in [3.63, 3.8) is 0 Å². The molecular formula is C21H22BrN4O2+. The Morgan fingerprint density at radius 3 is 2.50 bits per heavy atom. The third kappa shape index (κ3) is 4.80. The van der Waals surface area contributed by atoms with Crippen molar-refractivity contribution in [2.24, 2.45) is 0 Å². The van der Waals surface area contributed by atoms with Gasteiger partial charge in [-0.25, -0.2) is 9.78 Å². The van der Waals surface area contributed by atoms with Crippen molar-refractivity contribution < 1.29 is 14.5 Å². The minimum atomic E-state index is -0.267. The average molecular weight is 442 g/mol. The number of nitrogen functional groups attached to an aromatic ring is 1. The van der Waals surface area contributed by atoms with Gasteiger partial charge < -0.3 is 15.8 Å². The highest BCUT2D eigenvalue weighted by molar-refractivity contribution is 9.10. The number of carbonyl (C=O) groups is 1. The fourth-order valence-corrected chi connectivity index (χ4v) is 3.02. The Morgan fingerprint density at radius 2 is 1.86 bits per heavy atom. The number of amides is 2. The van der Waals surface area contributed by atoms with Crippen LogP contribution in [0.5, 0.6) is 5.75 Å². The summed E-state index contributed by atoms with van der Waals surface area (Å²) in [6.07, 6.45) is 2.46. The molecule has 0 aliphatic carbocycles. The summed E-state index contributed by atoms with van der Waals surface area (Å²) in [4.78, 5) is 17.6. The van der Waals surface area contributed by atoms with Gasteiger partial charge >= 0.3 is 11.8 Å². The summed E-state index contributed by atoms with van der Waals surface area (Å²) in [7, 11) is 1.60. The molecule has 7 heteroatoms. The molecule has 3 rings (SSSR count). The van der Waals surface area contributed by atoms with Crippen LogP contribution < -0.4 is 25.7 Å². The van der Waals surface area contributed by atoms with Crippen molar-refractivity contribution >= 4 is 39.2 Å². The fourth-order valence-electron chi connectivity index (χ4n) is 2.76. The second-order valence-electron chi connectivity index (χ2n) is 6.12. The van der Waals surface area contributed by atoms with E-state index in [4.69, 9.17) is 10.5 Å². The number of carbonyl (C=O) groups excluding carboxylic acids is 1. The van der Waals surface area contributed by atoms with Crippen molar-refractivity contribution in [1.82, 2.24) is 5.32 Å². The van der Waals surface area contributed by atoms with Crippen LogP contribution in [0.25, 0.3) is 0 Å². The number of hydrogen-bond donors (Lipinski definition) is 2. The number of ether oxygens (including phenoxy) is 1. The molecule has 4 N–H and O–H groups in total. The third-order valence-electron chi connectivity index (χ3n) is 4.23. The van der Waals surface area contributed by atoms with E-state index in [1.54, 1.807) is 37.6 Å². The van der Waals surface area contributed by atoms with Crippen molar-refractivity contribution in [2.45, 2.75) is 6.42 Å². The number of aromatic nitrogens is 1. The summed E-state index contributed by atoms with van der Waals surface area (Å²) in [5, 5.41) is 2.97. The lowest BCUT2D eigenvalue weighted by molar-refractivity contribution is -0.361. The first kappa shape index (κ1) is 19.7. The summed E-state index contributed by atoms with van der Waals surface area (Å²) in [6, 6.07) is 18.5. The highest BCUT2D eigenvalue weighted by Gasteiger charge is 2.29. The summed E-state index contributed by atoms with van der Waals surface area (Å²) in [5.74, 6) is 1.22. The molecule has 1 heterocycles.